The number of carbonyl (C=O) groups excluding carboxylic acids is 3. The van der Waals surface area contributed by atoms with Crippen molar-refractivity contribution in [2.24, 2.45) is 0 Å². The van der Waals surface area contributed by atoms with Gasteiger partial charge in [0.1, 0.15) is 17.7 Å². The normalized spacial score (nSPS) is 12.6. The van der Waals surface area contributed by atoms with Gasteiger partial charge in [0.05, 0.1) is 10.7 Å². The van der Waals surface area contributed by atoms with Gasteiger partial charge in [-0.05, 0) is 75.8 Å². The van der Waals surface area contributed by atoms with Crippen LogP contribution in [0.5, 0.6) is 0 Å². The maximum absolute atomic E-state index is 14.1. The van der Waals surface area contributed by atoms with Crippen LogP contribution in [0, 0.1) is 19.3 Å². The predicted octanol–water partition coefficient (Wildman–Crippen LogP) is 6.19. The van der Waals surface area contributed by atoms with Gasteiger partial charge in [-0.3, -0.25) is 9.59 Å². The Kier molecular flexibility index (Phi) is 12.2. The summed E-state index contributed by atoms with van der Waals surface area (Å²) in [5.41, 5.74) is 1.49. The van der Waals surface area contributed by atoms with Crippen LogP contribution in [0.25, 0.3) is 0 Å². The van der Waals surface area contributed by atoms with E-state index in [1.165, 1.54) is 4.90 Å². The third-order valence-corrected chi connectivity index (χ3v) is 6.75. The summed E-state index contributed by atoms with van der Waals surface area (Å²) in [6, 6.07) is 10.4. The largest absolute Gasteiger partial charge is 0.444 e. The van der Waals surface area contributed by atoms with Gasteiger partial charge in [-0.15, -0.1) is 6.42 Å². The number of para-hydroxylation sites is 1. The molecular weight excluding hydrogens is 534 g/mol. The van der Waals surface area contributed by atoms with E-state index in [2.05, 4.69) is 16.6 Å². The second-order valence-electron chi connectivity index (χ2n) is 10.1. The SMILES string of the molecule is C#Cc1ccccc1C(C(=O)Nc1c(C)cccc1Cl)N(CCC)C(=O)C(CCSC)NC(=O)OC(C)(C)C. The number of benzene rings is 2. The molecule has 0 saturated carbocycles. The molecule has 2 N–H and O–H groups in total. The number of anilines is 1. The summed E-state index contributed by atoms with van der Waals surface area (Å²) in [6.07, 6.45) is 7.95. The highest BCUT2D eigenvalue weighted by atomic mass is 35.5. The van der Waals surface area contributed by atoms with Crippen LogP contribution < -0.4 is 10.6 Å². The number of alkyl carbamates (subject to hydrolysis) is 1. The Balaban J connectivity index is 2.59. The Morgan fingerprint density at radius 2 is 1.85 bits per heavy atom. The van der Waals surface area contributed by atoms with Crippen LogP contribution in [0.3, 0.4) is 0 Å². The number of carbonyl (C=O) groups is 3. The van der Waals surface area contributed by atoms with Crippen molar-refractivity contribution in [2.75, 3.05) is 23.9 Å². The van der Waals surface area contributed by atoms with Crippen molar-refractivity contribution >= 4 is 47.0 Å². The van der Waals surface area contributed by atoms with Gasteiger partial charge in [-0.2, -0.15) is 11.8 Å². The summed E-state index contributed by atoms with van der Waals surface area (Å²) in [5.74, 6) is 2.39. The first-order valence-electron chi connectivity index (χ1n) is 12.8. The number of nitrogens with zero attached hydrogens (tertiary/aromatic N) is 1. The zero-order chi connectivity index (χ0) is 29.2. The molecule has 9 heteroatoms. The van der Waals surface area contributed by atoms with Crippen LogP contribution in [-0.2, 0) is 14.3 Å². The van der Waals surface area contributed by atoms with Gasteiger partial charge in [0.15, 0.2) is 0 Å². The van der Waals surface area contributed by atoms with E-state index in [0.717, 1.165) is 5.56 Å². The van der Waals surface area contributed by atoms with Crippen molar-refractivity contribution in [3.05, 3.63) is 64.2 Å². The van der Waals surface area contributed by atoms with Crippen LogP contribution in [0.15, 0.2) is 42.5 Å². The maximum Gasteiger partial charge on any atom is 0.408 e. The summed E-state index contributed by atoms with van der Waals surface area (Å²) in [7, 11) is 0. The molecule has 0 heterocycles. The average molecular weight is 572 g/mol. The Bertz CT molecular complexity index is 1190. The van der Waals surface area contributed by atoms with Crippen molar-refractivity contribution < 1.29 is 19.1 Å². The molecule has 2 aromatic carbocycles. The third kappa shape index (κ3) is 9.22. The second-order valence-corrected chi connectivity index (χ2v) is 11.5. The maximum atomic E-state index is 14.1. The van der Waals surface area contributed by atoms with Crippen molar-refractivity contribution in [1.82, 2.24) is 10.2 Å². The van der Waals surface area contributed by atoms with E-state index in [4.69, 9.17) is 22.8 Å². The Labute approximate surface area is 241 Å². The first-order valence-corrected chi connectivity index (χ1v) is 14.6. The summed E-state index contributed by atoms with van der Waals surface area (Å²) in [5, 5.41) is 6.04. The lowest BCUT2D eigenvalue weighted by atomic mass is 9.97. The molecule has 0 aliphatic heterocycles. The number of halogens is 1. The summed E-state index contributed by atoms with van der Waals surface area (Å²) >= 11 is 7.96. The quantitative estimate of drug-likeness (QED) is 0.314. The fourth-order valence-electron chi connectivity index (χ4n) is 4.05. The standard InChI is InChI=1S/C30H38ClN3O4S/c1-8-18-34(28(36)24(17-19-39-7)32-29(37)38-30(4,5)6)26(22-15-11-10-14-21(22)9-2)27(35)33-25-20(3)13-12-16-23(25)31/h2,10-16,24,26H,8,17-19H2,1,3-7H3,(H,32,37)(H,33,35). The number of terminal acetylenes is 1. The first kappa shape index (κ1) is 32.1. The highest BCUT2D eigenvalue weighted by Crippen LogP contribution is 2.31. The molecular formula is C30H38ClN3O4S. The Hall–Kier alpha value is -3.15. The molecule has 7 nitrogen and oxygen atoms in total. The minimum absolute atomic E-state index is 0.253. The molecule has 0 aliphatic carbocycles. The first-order chi connectivity index (χ1) is 18.4. The predicted molar refractivity (Wildman–Crippen MR) is 160 cm³/mol. The fourth-order valence-corrected chi connectivity index (χ4v) is 4.79. The third-order valence-electron chi connectivity index (χ3n) is 5.79. The lowest BCUT2D eigenvalue weighted by Gasteiger charge is -2.35. The molecule has 2 atom stereocenters. The molecule has 3 amide bonds. The second kappa shape index (κ2) is 14.9. The topological polar surface area (TPSA) is 87.7 Å². The molecule has 0 spiro atoms. The minimum atomic E-state index is -1.07. The monoisotopic (exact) mass is 571 g/mol. The van der Waals surface area contributed by atoms with Crippen molar-refractivity contribution in [1.29, 1.82) is 0 Å². The van der Waals surface area contributed by atoms with Gasteiger partial charge in [0.25, 0.3) is 5.91 Å². The van der Waals surface area contributed by atoms with E-state index in [-0.39, 0.29) is 6.54 Å². The zero-order valence-corrected chi connectivity index (χ0v) is 25.0. The number of rotatable bonds is 11. The zero-order valence-electron chi connectivity index (χ0n) is 23.5. The van der Waals surface area contributed by atoms with Gasteiger partial charge in [-0.25, -0.2) is 4.79 Å². The number of aryl methyl sites for hydroxylation is 1. The highest BCUT2D eigenvalue weighted by molar-refractivity contribution is 7.98. The molecule has 2 rings (SSSR count). The van der Waals surface area contributed by atoms with Gasteiger partial charge in [0.2, 0.25) is 5.91 Å². The Morgan fingerprint density at radius 1 is 1.15 bits per heavy atom. The van der Waals surface area contributed by atoms with Crippen LogP contribution in [0.1, 0.15) is 63.3 Å². The molecule has 210 valence electrons. The van der Waals surface area contributed by atoms with E-state index in [0.29, 0.717) is 40.4 Å². The van der Waals surface area contributed by atoms with E-state index in [1.807, 2.05) is 26.2 Å². The number of amides is 3. The van der Waals surface area contributed by atoms with Crippen molar-refractivity contribution in [3.8, 4) is 12.3 Å². The number of hydrogen-bond donors (Lipinski definition) is 2. The smallest absolute Gasteiger partial charge is 0.408 e. The summed E-state index contributed by atoms with van der Waals surface area (Å²) in [6.45, 7) is 9.26. The fraction of sp³-hybridized carbons (Fsp3) is 0.433. The molecule has 2 unspecified atom stereocenters. The highest BCUT2D eigenvalue weighted by Gasteiger charge is 2.37. The van der Waals surface area contributed by atoms with Crippen LogP contribution in [-0.4, -0.2) is 53.0 Å². The van der Waals surface area contributed by atoms with E-state index in [9.17, 15) is 14.4 Å². The number of hydrogen-bond acceptors (Lipinski definition) is 5. The summed E-state index contributed by atoms with van der Waals surface area (Å²) in [4.78, 5) is 42.3. The van der Waals surface area contributed by atoms with Crippen molar-refractivity contribution in [2.45, 2.75) is 65.1 Å². The molecule has 0 aromatic heterocycles. The Morgan fingerprint density at radius 3 is 2.44 bits per heavy atom. The van der Waals surface area contributed by atoms with E-state index in [1.54, 1.807) is 68.9 Å². The van der Waals surface area contributed by atoms with Crippen molar-refractivity contribution in [3.63, 3.8) is 0 Å². The average Bonchev–Trinajstić information content (AvgIpc) is 2.87. The van der Waals surface area contributed by atoms with Gasteiger partial charge in [-0.1, -0.05) is 54.8 Å². The molecule has 2 aromatic rings. The molecule has 0 aliphatic rings. The van der Waals surface area contributed by atoms with E-state index < -0.39 is 35.6 Å². The van der Waals surface area contributed by atoms with Gasteiger partial charge < -0.3 is 20.3 Å². The van der Waals surface area contributed by atoms with Gasteiger partial charge >= 0.3 is 6.09 Å². The van der Waals surface area contributed by atoms with Gasteiger partial charge in [0, 0.05) is 12.1 Å². The number of ether oxygens (including phenoxy) is 1. The molecule has 39 heavy (non-hydrogen) atoms. The van der Waals surface area contributed by atoms with Crippen LogP contribution >= 0.6 is 23.4 Å². The molecule has 0 bridgehead atoms. The van der Waals surface area contributed by atoms with Crippen LogP contribution in [0.4, 0.5) is 10.5 Å². The lowest BCUT2D eigenvalue weighted by Crippen LogP contribution is -2.53. The number of nitrogens with one attached hydrogen (secondary N) is 2. The minimum Gasteiger partial charge on any atom is -0.444 e. The van der Waals surface area contributed by atoms with Crippen LogP contribution in [0.2, 0.25) is 5.02 Å². The van der Waals surface area contributed by atoms with E-state index >= 15 is 0 Å². The molecule has 0 fully saturated rings. The summed E-state index contributed by atoms with van der Waals surface area (Å²) < 4.78 is 5.42. The number of thioether (sulfide) groups is 1. The molecule has 0 saturated heterocycles. The molecule has 0 radical (unpaired) electrons. The lowest BCUT2D eigenvalue weighted by molar-refractivity contribution is -0.140.